The van der Waals surface area contributed by atoms with E-state index in [9.17, 15) is 22.8 Å². The number of carbonyl (C=O) groups is 1. The van der Waals surface area contributed by atoms with Crippen LogP contribution in [0.5, 0.6) is 5.75 Å². The summed E-state index contributed by atoms with van der Waals surface area (Å²) < 4.78 is 37.6. The first kappa shape index (κ1) is 29.0. The maximum absolute atomic E-state index is 14.0. The number of ether oxygens (including phenoxy) is 1. The van der Waals surface area contributed by atoms with Gasteiger partial charge >= 0.3 is 0 Å². The van der Waals surface area contributed by atoms with Crippen LogP contribution in [-0.2, 0) is 21.4 Å². The van der Waals surface area contributed by atoms with Gasteiger partial charge in [0.25, 0.3) is 11.1 Å². The molecule has 10 heteroatoms. The molecule has 2 aliphatic rings. The summed E-state index contributed by atoms with van der Waals surface area (Å²) in [6.45, 7) is 8.69. The summed E-state index contributed by atoms with van der Waals surface area (Å²) in [7, 11) is -2.56. The second-order valence-corrected chi connectivity index (χ2v) is 13.6. The minimum Gasteiger partial charge on any atom is -0.495 e. The van der Waals surface area contributed by atoms with Gasteiger partial charge in [-0.1, -0.05) is 45.9 Å². The summed E-state index contributed by atoms with van der Waals surface area (Å²) >= 11 is 0. The van der Waals surface area contributed by atoms with Gasteiger partial charge < -0.3 is 4.74 Å². The van der Waals surface area contributed by atoms with Gasteiger partial charge in [0, 0.05) is 25.1 Å². The summed E-state index contributed by atoms with van der Waals surface area (Å²) in [5.41, 5.74) is 0.654. The van der Waals surface area contributed by atoms with Crippen molar-refractivity contribution in [2.45, 2.75) is 70.9 Å². The summed E-state index contributed by atoms with van der Waals surface area (Å²) in [6.07, 6.45) is 2.16. The average Bonchev–Trinajstić information content (AvgIpc) is 2.93. The predicted molar refractivity (Wildman–Crippen MR) is 158 cm³/mol. The van der Waals surface area contributed by atoms with E-state index >= 15 is 0 Å². The third kappa shape index (κ3) is 4.86. The van der Waals surface area contributed by atoms with Crippen LogP contribution < -0.4 is 15.9 Å². The van der Waals surface area contributed by atoms with Gasteiger partial charge in [-0.25, -0.2) is 17.8 Å². The Bertz CT molecular complexity index is 1790. The molecule has 1 aromatic heterocycles. The summed E-state index contributed by atoms with van der Waals surface area (Å²) in [5, 5.41) is 0.565. The molecular formula is C31H37N3O6S. The SMILES string of the molecule is CCCN(CCC)S(=O)(=O)c1cc(C2C3=C(Cn4c(=O)c5ccccc5c(=O)n42)CC(C)(C)CC3=O)ccc1OC. The monoisotopic (exact) mass is 579 g/mol. The number of sulfonamides is 1. The number of fused-ring (bicyclic) bond motifs is 2. The van der Waals surface area contributed by atoms with Crippen molar-refractivity contribution in [1.82, 2.24) is 13.7 Å². The van der Waals surface area contributed by atoms with Crippen molar-refractivity contribution in [3.05, 3.63) is 79.9 Å². The van der Waals surface area contributed by atoms with Crippen LogP contribution in [0.1, 0.15) is 65.0 Å². The number of Topliss-reactive ketones (excluding diaryl/α,β-unsaturated/α-hetero) is 1. The third-order valence-corrected chi connectivity index (χ3v) is 9.95. The summed E-state index contributed by atoms with van der Waals surface area (Å²) in [6, 6.07) is 10.5. The van der Waals surface area contributed by atoms with Gasteiger partial charge in [0.15, 0.2) is 5.78 Å². The maximum Gasteiger partial charge on any atom is 0.274 e. The predicted octanol–water partition coefficient (Wildman–Crippen LogP) is 4.27. The van der Waals surface area contributed by atoms with Crippen LogP contribution in [0.4, 0.5) is 0 Å². The number of nitrogens with zero attached hydrogens (tertiary/aromatic N) is 3. The van der Waals surface area contributed by atoms with Gasteiger partial charge in [0.05, 0.1) is 24.4 Å². The molecule has 2 aromatic carbocycles. The zero-order valence-electron chi connectivity index (χ0n) is 24.3. The van der Waals surface area contributed by atoms with Crippen molar-refractivity contribution in [2.24, 2.45) is 5.41 Å². The number of carbonyl (C=O) groups excluding carboxylic acids is 1. The Morgan fingerprint density at radius 1 is 0.951 bits per heavy atom. The summed E-state index contributed by atoms with van der Waals surface area (Å²) in [5.74, 6) is 0.0779. The van der Waals surface area contributed by atoms with Gasteiger partial charge in [-0.15, -0.1) is 0 Å². The lowest BCUT2D eigenvalue weighted by Gasteiger charge is -2.40. The van der Waals surface area contributed by atoms with Gasteiger partial charge in [-0.05, 0) is 60.1 Å². The smallest absolute Gasteiger partial charge is 0.274 e. The van der Waals surface area contributed by atoms with Crippen LogP contribution in [0, 0.1) is 5.41 Å². The lowest BCUT2D eigenvalue weighted by molar-refractivity contribution is -0.118. The first-order valence-electron chi connectivity index (χ1n) is 14.1. The minimum atomic E-state index is -3.97. The van der Waals surface area contributed by atoms with Crippen LogP contribution >= 0.6 is 0 Å². The highest BCUT2D eigenvalue weighted by Gasteiger charge is 2.42. The van der Waals surface area contributed by atoms with Crippen molar-refractivity contribution in [2.75, 3.05) is 20.2 Å². The fourth-order valence-corrected chi connectivity index (χ4v) is 8.16. The van der Waals surface area contributed by atoms with Gasteiger partial charge in [0.2, 0.25) is 10.0 Å². The number of hydrogen-bond donors (Lipinski definition) is 0. The number of benzene rings is 2. The van der Waals surface area contributed by atoms with Crippen molar-refractivity contribution in [1.29, 1.82) is 0 Å². The standard InChI is InChI=1S/C31H37N3O6S/c1-6-14-32(15-7-2)41(38,39)26-16-20(12-13-25(26)40-5)28-27-21(17-31(3,4)18-24(27)35)19-33-29(36)22-10-8-9-11-23(22)30(37)34(28)33/h8-13,16,28H,6-7,14-15,17-19H2,1-5H3. The van der Waals surface area contributed by atoms with E-state index in [0.29, 0.717) is 48.9 Å². The van der Waals surface area contributed by atoms with Crippen molar-refractivity contribution in [3.63, 3.8) is 0 Å². The molecule has 0 N–H and O–H groups in total. The highest BCUT2D eigenvalue weighted by molar-refractivity contribution is 7.89. The highest BCUT2D eigenvalue weighted by Crippen LogP contribution is 2.45. The Morgan fingerprint density at radius 2 is 1.59 bits per heavy atom. The van der Waals surface area contributed by atoms with Gasteiger partial charge in [-0.3, -0.25) is 14.4 Å². The third-order valence-electron chi connectivity index (χ3n) is 8.03. The van der Waals surface area contributed by atoms with E-state index in [-0.39, 0.29) is 45.8 Å². The molecule has 0 amide bonds. The van der Waals surface area contributed by atoms with Crippen LogP contribution in [0.2, 0.25) is 0 Å². The second-order valence-electron chi connectivity index (χ2n) is 11.7. The molecule has 0 saturated heterocycles. The molecule has 1 aliphatic carbocycles. The number of ketones is 1. The number of methoxy groups -OCH3 is 1. The van der Waals surface area contributed by atoms with Crippen LogP contribution in [0.25, 0.3) is 10.8 Å². The molecule has 0 spiro atoms. The van der Waals surface area contributed by atoms with Crippen LogP contribution in [0.15, 0.2) is 68.1 Å². The normalized spacial score (nSPS) is 18.5. The quantitative estimate of drug-likeness (QED) is 0.395. The van der Waals surface area contributed by atoms with E-state index in [1.165, 1.54) is 26.8 Å². The molecule has 3 aromatic rings. The van der Waals surface area contributed by atoms with Gasteiger partial charge in [-0.2, -0.15) is 4.31 Å². The lowest BCUT2D eigenvalue weighted by Crippen LogP contribution is -2.48. The minimum absolute atomic E-state index is 0.0292. The maximum atomic E-state index is 14.0. The molecule has 0 radical (unpaired) electrons. The van der Waals surface area contributed by atoms with Crippen LogP contribution in [0.3, 0.4) is 0 Å². The number of aromatic nitrogens is 2. The van der Waals surface area contributed by atoms with E-state index in [2.05, 4.69) is 0 Å². The first-order chi connectivity index (χ1) is 19.4. The Hall–Kier alpha value is -3.50. The number of rotatable bonds is 8. The first-order valence-corrected chi connectivity index (χ1v) is 15.6. The molecule has 1 unspecified atom stereocenters. The fraction of sp³-hybridized carbons (Fsp3) is 0.452. The molecule has 1 aliphatic heterocycles. The van der Waals surface area contributed by atoms with Crippen molar-refractivity contribution in [3.8, 4) is 5.75 Å². The molecule has 0 bridgehead atoms. The fourth-order valence-electron chi connectivity index (χ4n) is 6.35. The molecule has 2 heterocycles. The molecule has 1 atom stereocenters. The van der Waals surface area contributed by atoms with E-state index in [1.54, 1.807) is 36.4 Å². The van der Waals surface area contributed by atoms with Crippen molar-refractivity contribution < 1.29 is 17.9 Å². The molecule has 0 saturated carbocycles. The second kappa shape index (κ2) is 10.7. The molecule has 41 heavy (non-hydrogen) atoms. The molecular weight excluding hydrogens is 542 g/mol. The Balaban J connectivity index is 1.82. The molecule has 9 nitrogen and oxygen atoms in total. The Morgan fingerprint density at radius 3 is 2.20 bits per heavy atom. The Kier molecular flexibility index (Phi) is 7.59. The van der Waals surface area contributed by atoms with E-state index in [1.807, 2.05) is 27.7 Å². The average molecular weight is 580 g/mol. The lowest BCUT2D eigenvalue weighted by atomic mass is 9.71. The zero-order valence-corrected chi connectivity index (χ0v) is 25.1. The topological polar surface area (TPSA) is 108 Å². The Labute approximate surface area is 240 Å². The number of hydrogen-bond acceptors (Lipinski definition) is 6. The number of allylic oxidation sites excluding steroid dienone is 2. The zero-order chi connectivity index (χ0) is 29.7. The summed E-state index contributed by atoms with van der Waals surface area (Å²) in [4.78, 5) is 41.5. The van der Waals surface area contributed by atoms with E-state index in [4.69, 9.17) is 4.74 Å². The molecule has 0 fully saturated rings. The van der Waals surface area contributed by atoms with E-state index in [0.717, 1.165) is 5.57 Å². The largest absolute Gasteiger partial charge is 0.495 e. The van der Waals surface area contributed by atoms with Gasteiger partial charge in [0.1, 0.15) is 16.7 Å². The van der Waals surface area contributed by atoms with E-state index < -0.39 is 21.6 Å². The molecule has 218 valence electrons. The highest BCUT2D eigenvalue weighted by atomic mass is 32.2. The van der Waals surface area contributed by atoms with Crippen LogP contribution in [-0.4, -0.2) is 48.1 Å². The van der Waals surface area contributed by atoms with Crippen molar-refractivity contribution >= 4 is 26.6 Å². The molecule has 5 rings (SSSR count).